The number of benzene rings is 2. The highest BCUT2D eigenvalue weighted by molar-refractivity contribution is 5.97. The summed E-state index contributed by atoms with van der Waals surface area (Å²) in [6, 6.07) is 15.9. The van der Waals surface area contributed by atoms with E-state index in [1.165, 1.54) is 12.1 Å². The fraction of sp³-hybridized carbons (Fsp3) is 0.240. The van der Waals surface area contributed by atoms with Crippen LogP contribution in [0.5, 0.6) is 0 Å². The van der Waals surface area contributed by atoms with Crippen molar-refractivity contribution >= 4 is 23.4 Å². The highest BCUT2D eigenvalue weighted by atomic mass is 16.6. The first kappa shape index (κ1) is 24.4. The van der Waals surface area contributed by atoms with E-state index in [9.17, 15) is 19.7 Å². The van der Waals surface area contributed by atoms with Gasteiger partial charge in [0.25, 0.3) is 5.69 Å². The zero-order valence-corrected chi connectivity index (χ0v) is 19.1. The number of carbonyl (C=O) groups is 2. The van der Waals surface area contributed by atoms with E-state index in [1.54, 1.807) is 57.4 Å². The first-order valence-electron chi connectivity index (χ1n) is 10.6. The topological polar surface area (TPSA) is 123 Å². The lowest BCUT2D eigenvalue weighted by molar-refractivity contribution is -0.384. The molecule has 9 nitrogen and oxygen atoms in total. The molecule has 2 N–H and O–H groups in total. The van der Waals surface area contributed by atoms with Gasteiger partial charge in [-0.3, -0.25) is 19.9 Å². The second-order valence-corrected chi connectivity index (χ2v) is 8.63. The summed E-state index contributed by atoms with van der Waals surface area (Å²) in [5.74, 6) is -0.444. The minimum Gasteiger partial charge on any atom is -0.444 e. The molecule has 0 fully saturated rings. The lowest BCUT2D eigenvalue weighted by Crippen LogP contribution is -2.47. The molecular weight excluding hydrogens is 436 g/mol. The summed E-state index contributed by atoms with van der Waals surface area (Å²) in [6.45, 7) is 5.17. The maximum absolute atomic E-state index is 13.1. The number of aromatic nitrogens is 1. The van der Waals surface area contributed by atoms with E-state index in [0.29, 0.717) is 11.3 Å². The molecule has 0 saturated carbocycles. The summed E-state index contributed by atoms with van der Waals surface area (Å²) in [5, 5.41) is 16.3. The van der Waals surface area contributed by atoms with Gasteiger partial charge in [-0.05, 0) is 61.7 Å². The Bertz CT molecular complexity index is 1140. The molecule has 0 radical (unpaired) electrons. The largest absolute Gasteiger partial charge is 0.444 e. The maximum atomic E-state index is 13.1. The Morgan fingerprint density at radius 2 is 1.56 bits per heavy atom. The van der Waals surface area contributed by atoms with Crippen LogP contribution in [0.2, 0.25) is 0 Å². The SMILES string of the molecule is CC(C)(C)OC(=O)N[C@H](Cc1ccc([N+](=O)[O-])cc1)C(=O)Nc1ccc(-c2ccncc2)cc1. The number of ether oxygens (including phenoxy) is 1. The summed E-state index contributed by atoms with van der Waals surface area (Å²) in [6.07, 6.45) is 2.80. The molecule has 34 heavy (non-hydrogen) atoms. The summed E-state index contributed by atoms with van der Waals surface area (Å²) in [7, 11) is 0. The Morgan fingerprint density at radius 1 is 0.971 bits per heavy atom. The molecule has 3 rings (SSSR count). The maximum Gasteiger partial charge on any atom is 0.408 e. The average molecular weight is 463 g/mol. The smallest absolute Gasteiger partial charge is 0.408 e. The Hall–Kier alpha value is -4.27. The van der Waals surface area contributed by atoms with Crippen molar-refractivity contribution in [1.29, 1.82) is 0 Å². The molecule has 0 saturated heterocycles. The summed E-state index contributed by atoms with van der Waals surface area (Å²) < 4.78 is 5.30. The number of nitrogens with zero attached hydrogens (tertiary/aromatic N) is 2. The minimum atomic E-state index is -0.962. The molecule has 2 aromatic carbocycles. The van der Waals surface area contributed by atoms with Gasteiger partial charge in [-0.2, -0.15) is 0 Å². The van der Waals surface area contributed by atoms with E-state index in [-0.39, 0.29) is 12.1 Å². The van der Waals surface area contributed by atoms with Crippen LogP contribution in [0.25, 0.3) is 11.1 Å². The highest BCUT2D eigenvalue weighted by Gasteiger charge is 2.25. The molecule has 1 aromatic heterocycles. The van der Waals surface area contributed by atoms with Gasteiger partial charge in [-0.1, -0.05) is 24.3 Å². The summed E-state index contributed by atoms with van der Waals surface area (Å²) in [5.41, 5.74) is 2.38. The molecule has 0 aliphatic heterocycles. The number of hydrogen-bond acceptors (Lipinski definition) is 6. The van der Waals surface area contributed by atoms with E-state index < -0.39 is 28.6 Å². The highest BCUT2D eigenvalue weighted by Crippen LogP contribution is 2.21. The first-order valence-corrected chi connectivity index (χ1v) is 10.6. The zero-order valence-electron chi connectivity index (χ0n) is 19.1. The van der Waals surface area contributed by atoms with Crippen LogP contribution >= 0.6 is 0 Å². The van der Waals surface area contributed by atoms with Crippen LogP contribution in [-0.4, -0.2) is 33.6 Å². The van der Waals surface area contributed by atoms with E-state index >= 15 is 0 Å². The van der Waals surface area contributed by atoms with Gasteiger partial charge in [0.2, 0.25) is 5.91 Å². The fourth-order valence-electron chi connectivity index (χ4n) is 3.17. The van der Waals surface area contributed by atoms with Crippen molar-refractivity contribution in [2.24, 2.45) is 0 Å². The van der Waals surface area contributed by atoms with Crippen molar-refractivity contribution in [3.63, 3.8) is 0 Å². The van der Waals surface area contributed by atoms with Gasteiger partial charge in [-0.15, -0.1) is 0 Å². The van der Waals surface area contributed by atoms with Crippen molar-refractivity contribution in [3.8, 4) is 11.1 Å². The predicted molar refractivity (Wildman–Crippen MR) is 128 cm³/mol. The third-order valence-electron chi connectivity index (χ3n) is 4.76. The number of carbonyl (C=O) groups excluding carboxylic acids is 2. The number of hydrogen-bond donors (Lipinski definition) is 2. The van der Waals surface area contributed by atoms with Crippen LogP contribution in [0.1, 0.15) is 26.3 Å². The van der Waals surface area contributed by atoms with Crippen LogP contribution in [0, 0.1) is 10.1 Å². The van der Waals surface area contributed by atoms with Gasteiger partial charge in [-0.25, -0.2) is 4.79 Å². The van der Waals surface area contributed by atoms with Crippen LogP contribution in [0.15, 0.2) is 73.1 Å². The molecule has 0 aliphatic carbocycles. The van der Waals surface area contributed by atoms with Crippen LogP contribution in [-0.2, 0) is 16.0 Å². The number of non-ortho nitro benzene ring substituents is 1. The van der Waals surface area contributed by atoms with Gasteiger partial charge < -0.3 is 15.4 Å². The van der Waals surface area contributed by atoms with E-state index in [1.807, 2.05) is 24.3 Å². The number of rotatable bonds is 7. The van der Waals surface area contributed by atoms with Gasteiger partial charge in [0.15, 0.2) is 0 Å². The predicted octanol–water partition coefficient (Wildman–Crippen LogP) is 4.73. The summed E-state index contributed by atoms with van der Waals surface area (Å²) >= 11 is 0. The summed E-state index contributed by atoms with van der Waals surface area (Å²) in [4.78, 5) is 39.8. The van der Waals surface area contributed by atoms with Gasteiger partial charge in [0.05, 0.1) is 4.92 Å². The number of anilines is 1. The Balaban J connectivity index is 1.75. The normalized spacial score (nSPS) is 11.9. The van der Waals surface area contributed by atoms with Crippen molar-refractivity contribution in [3.05, 3.63) is 88.7 Å². The van der Waals surface area contributed by atoms with E-state index in [4.69, 9.17) is 4.74 Å². The standard InChI is InChI=1S/C25H26N4O5/c1-25(2,3)34-24(31)28-22(16-17-4-10-21(11-5-17)29(32)33)23(30)27-20-8-6-18(7-9-20)19-12-14-26-15-13-19/h4-15,22H,16H2,1-3H3,(H,27,30)(H,28,31)/t22-/m1/s1. The zero-order chi connectivity index (χ0) is 24.7. The molecule has 0 spiro atoms. The third kappa shape index (κ3) is 7.13. The van der Waals surface area contributed by atoms with Crippen molar-refractivity contribution in [2.45, 2.75) is 38.8 Å². The second-order valence-electron chi connectivity index (χ2n) is 8.63. The first-order chi connectivity index (χ1) is 16.1. The molecule has 0 unspecified atom stereocenters. The van der Waals surface area contributed by atoms with Crippen LogP contribution in [0.3, 0.4) is 0 Å². The lowest BCUT2D eigenvalue weighted by Gasteiger charge is -2.23. The van der Waals surface area contributed by atoms with Crippen LogP contribution in [0.4, 0.5) is 16.2 Å². The fourth-order valence-corrected chi connectivity index (χ4v) is 3.17. The molecule has 2 amide bonds. The van der Waals surface area contributed by atoms with E-state index in [2.05, 4.69) is 15.6 Å². The number of amides is 2. The Labute approximate surface area is 197 Å². The molecule has 9 heteroatoms. The number of nitro groups is 1. The Kier molecular flexibility index (Phi) is 7.57. The number of pyridine rings is 1. The van der Waals surface area contributed by atoms with Gasteiger partial charge >= 0.3 is 6.09 Å². The molecule has 0 bridgehead atoms. The number of alkyl carbamates (subject to hydrolysis) is 1. The monoisotopic (exact) mass is 462 g/mol. The van der Waals surface area contributed by atoms with Crippen molar-refractivity contribution in [2.75, 3.05) is 5.32 Å². The van der Waals surface area contributed by atoms with Crippen molar-refractivity contribution in [1.82, 2.24) is 10.3 Å². The quantitative estimate of drug-likeness (QED) is 0.386. The van der Waals surface area contributed by atoms with Gasteiger partial charge in [0, 0.05) is 36.6 Å². The lowest BCUT2D eigenvalue weighted by atomic mass is 10.0. The third-order valence-corrected chi connectivity index (χ3v) is 4.76. The van der Waals surface area contributed by atoms with E-state index in [0.717, 1.165) is 11.1 Å². The van der Waals surface area contributed by atoms with Crippen LogP contribution < -0.4 is 10.6 Å². The minimum absolute atomic E-state index is 0.0564. The molecule has 1 atom stereocenters. The number of nitro benzene ring substituents is 1. The molecule has 1 heterocycles. The van der Waals surface area contributed by atoms with Crippen molar-refractivity contribution < 1.29 is 19.2 Å². The molecule has 0 aliphatic rings. The second kappa shape index (κ2) is 10.6. The molecular formula is C25H26N4O5. The number of nitrogens with one attached hydrogen (secondary N) is 2. The average Bonchev–Trinajstić information content (AvgIpc) is 2.79. The molecule has 176 valence electrons. The van der Waals surface area contributed by atoms with Gasteiger partial charge in [0.1, 0.15) is 11.6 Å². The Morgan fingerprint density at radius 3 is 2.12 bits per heavy atom. The molecule has 3 aromatic rings.